The van der Waals surface area contributed by atoms with Crippen LogP contribution in [0.4, 0.5) is 0 Å². The van der Waals surface area contributed by atoms with Gasteiger partial charge in [-0.3, -0.25) is 14.4 Å². The van der Waals surface area contributed by atoms with Crippen molar-refractivity contribution in [3.63, 3.8) is 0 Å². The number of furan rings is 1. The van der Waals surface area contributed by atoms with Crippen LogP contribution in [0.15, 0.2) is 39.7 Å². The van der Waals surface area contributed by atoms with Crippen LogP contribution < -0.4 is 5.56 Å². The predicted molar refractivity (Wildman–Crippen MR) is 78.6 cm³/mol. The van der Waals surface area contributed by atoms with Gasteiger partial charge in [-0.1, -0.05) is 0 Å². The molecule has 2 heterocycles. The second-order valence-corrected chi connectivity index (χ2v) is 4.62. The van der Waals surface area contributed by atoms with E-state index in [1.54, 1.807) is 25.1 Å². The Kier molecular flexibility index (Phi) is 4.77. The molecule has 0 aromatic carbocycles. The van der Waals surface area contributed by atoms with Crippen LogP contribution in [0.2, 0.25) is 0 Å². The SMILES string of the molecule is CCN(CCC(=O)O)C(=O)c1ccc(-c2ccco2)[nH]c1=O. The summed E-state index contributed by atoms with van der Waals surface area (Å²) in [4.78, 5) is 38.9. The van der Waals surface area contributed by atoms with Gasteiger partial charge in [0.25, 0.3) is 11.5 Å². The number of aliphatic carboxylic acids is 1. The molecule has 0 radical (unpaired) electrons. The Morgan fingerprint density at radius 1 is 1.32 bits per heavy atom. The summed E-state index contributed by atoms with van der Waals surface area (Å²) in [7, 11) is 0. The van der Waals surface area contributed by atoms with Gasteiger partial charge >= 0.3 is 5.97 Å². The number of carbonyl (C=O) groups is 2. The fourth-order valence-corrected chi connectivity index (χ4v) is 2.02. The van der Waals surface area contributed by atoms with E-state index in [2.05, 4.69) is 4.98 Å². The van der Waals surface area contributed by atoms with E-state index in [1.165, 1.54) is 17.2 Å². The fourth-order valence-electron chi connectivity index (χ4n) is 2.02. The maximum absolute atomic E-state index is 12.3. The van der Waals surface area contributed by atoms with E-state index in [0.29, 0.717) is 18.0 Å². The second-order valence-electron chi connectivity index (χ2n) is 4.62. The van der Waals surface area contributed by atoms with Gasteiger partial charge in [0.05, 0.1) is 18.4 Å². The van der Waals surface area contributed by atoms with Gasteiger partial charge in [0.15, 0.2) is 0 Å². The van der Waals surface area contributed by atoms with E-state index in [1.807, 2.05) is 0 Å². The monoisotopic (exact) mass is 304 g/mol. The molecule has 2 aromatic rings. The lowest BCUT2D eigenvalue weighted by Gasteiger charge is -2.19. The predicted octanol–water partition coefficient (Wildman–Crippen LogP) is 1.57. The summed E-state index contributed by atoms with van der Waals surface area (Å²) >= 11 is 0. The number of nitrogens with one attached hydrogen (secondary N) is 1. The molecule has 0 unspecified atom stereocenters. The number of hydrogen-bond donors (Lipinski definition) is 2. The average molecular weight is 304 g/mol. The Morgan fingerprint density at radius 3 is 2.64 bits per heavy atom. The molecule has 2 N–H and O–H groups in total. The van der Waals surface area contributed by atoms with Crippen molar-refractivity contribution in [3.8, 4) is 11.5 Å². The summed E-state index contributed by atoms with van der Waals surface area (Å²) in [5, 5.41) is 8.69. The van der Waals surface area contributed by atoms with Gasteiger partial charge in [0, 0.05) is 13.1 Å². The van der Waals surface area contributed by atoms with E-state index < -0.39 is 17.4 Å². The maximum Gasteiger partial charge on any atom is 0.305 e. The van der Waals surface area contributed by atoms with Crippen molar-refractivity contribution in [1.29, 1.82) is 0 Å². The molecule has 7 heteroatoms. The highest BCUT2D eigenvalue weighted by Crippen LogP contribution is 2.16. The minimum absolute atomic E-state index is 0.0254. The zero-order chi connectivity index (χ0) is 16.1. The Morgan fingerprint density at radius 2 is 2.09 bits per heavy atom. The zero-order valence-electron chi connectivity index (χ0n) is 12.0. The van der Waals surface area contributed by atoms with Crippen LogP contribution in [0.1, 0.15) is 23.7 Å². The quantitative estimate of drug-likeness (QED) is 0.843. The first kappa shape index (κ1) is 15.6. The molecule has 0 saturated carbocycles. The number of aromatic nitrogens is 1. The molecule has 0 atom stereocenters. The van der Waals surface area contributed by atoms with Gasteiger partial charge in [-0.2, -0.15) is 0 Å². The summed E-state index contributed by atoms with van der Waals surface area (Å²) in [6, 6.07) is 6.39. The summed E-state index contributed by atoms with van der Waals surface area (Å²) in [6.07, 6.45) is 1.32. The van der Waals surface area contributed by atoms with E-state index in [-0.39, 0.29) is 18.5 Å². The van der Waals surface area contributed by atoms with Crippen molar-refractivity contribution >= 4 is 11.9 Å². The number of amides is 1. The number of H-pyrrole nitrogens is 1. The minimum atomic E-state index is -0.992. The van der Waals surface area contributed by atoms with Crippen molar-refractivity contribution < 1.29 is 19.1 Å². The summed E-state index contributed by atoms with van der Waals surface area (Å²) < 4.78 is 5.18. The van der Waals surface area contributed by atoms with Crippen LogP contribution in [0.25, 0.3) is 11.5 Å². The molecule has 22 heavy (non-hydrogen) atoms. The standard InChI is InChI=1S/C15H16N2O5/c1-2-17(8-7-13(18)19)15(21)10-5-6-11(16-14(10)20)12-4-3-9-22-12/h3-6,9H,2,7-8H2,1H3,(H,16,20)(H,18,19). The number of carboxylic acid groups (broad SMARTS) is 1. The van der Waals surface area contributed by atoms with Gasteiger partial charge < -0.3 is 19.4 Å². The van der Waals surface area contributed by atoms with Gasteiger partial charge in [-0.25, -0.2) is 0 Å². The summed E-state index contributed by atoms with van der Waals surface area (Å²) in [6.45, 7) is 2.11. The second kappa shape index (κ2) is 6.75. The van der Waals surface area contributed by atoms with Crippen molar-refractivity contribution in [3.05, 3.63) is 46.4 Å². The van der Waals surface area contributed by atoms with Crippen molar-refractivity contribution in [2.75, 3.05) is 13.1 Å². The first-order valence-electron chi connectivity index (χ1n) is 6.81. The molecule has 0 saturated heterocycles. The Bertz CT molecular complexity index is 718. The normalized spacial score (nSPS) is 10.4. The molecule has 0 spiro atoms. The van der Waals surface area contributed by atoms with Crippen molar-refractivity contribution in [2.45, 2.75) is 13.3 Å². The fraction of sp³-hybridized carbons (Fsp3) is 0.267. The molecule has 0 bridgehead atoms. The molecule has 116 valence electrons. The molecule has 2 aromatic heterocycles. The summed E-state index contributed by atoms with van der Waals surface area (Å²) in [5.41, 5.74) is -0.0876. The number of aromatic amines is 1. The van der Waals surface area contributed by atoms with Crippen LogP contribution >= 0.6 is 0 Å². The largest absolute Gasteiger partial charge is 0.481 e. The van der Waals surface area contributed by atoms with Gasteiger partial charge in [0.2, 0.25) is 0 Å². The first-order valence-corrected chi connectivity index (χ1v) is 6.81. The molecule has 2 rings (SSSR count). The van der Waals surface area contributed by atoms with E-state index >= 15 is 0 Å². The average Bonchev–Trinajstić information content (AvgIpc) is 3.01. The number of hydrogen-bond acceptors (Lipinski definition) is 4. The third kappa shape index (κ3) is 3.43. The lowest BCUT2D eigenvalue weighted by molar-refractivity contribution is -0.137. The van der Waals surface area contributed by atoms with Gasteiger partial charge in [-0.15, -0.1) is 0 Å². The smallest absolute Gasteiger partial charge is 0.305 e. The first-order chi connectivity index (χ1) is 10.5. The lowest BCUT2D eigenvalue weighted by atomic mass is 10.2. The lowest BCUT2D eigenvalue weighted by Crippen LogP contribution is -2.36. The molecule has 1 amide bonds. The maximum atomic E-state index is 12.3. The van der Waals surface area contributed by atoms with Crippen molar-refractivity contribution in [2.24, 2.45) is 0 Å². The number of rotatable bonds is 6. The Labute approximate surface area is 126 Å². The molecule has 0 aliphatic carbocycles. The van der Waals surface area contributed by atoms with Crippen molar-refractivity contribution in [1.82, 2.24) is 9.88 Å². The highest BCUT2D eigenvalue weighted by molar-refractivity contribution is 5.94. The number of pyridine rings is 1. The van der Waals surface area contributed by atoms with Crippen LogP contribution in [0.3, 0.4) is 0 Å². The van der Waals surface area contributed by atoms with E-state index in [0.717, 1.165) is 0 Å². The van der Waals surface area contributed by atoms with Crippen LogP contribution in [-0.2, 0) is 4.79 Å². The molecule has 0 fully saturated rings. The number of carbonyl (C=O) groups excluding carboxylic acids is 1. The third-order valence-corrected chi connectivity index (χ3v) is 3.19. The molecule has 7 nitrogen and oxygen atoms in total. The zero-order valence-corrected chi connectivity index (χ0v) is 12.0. The highest BCUT2D eigenvalue weighted by Gasteiger charge is 2.18. The van der Waals surface area contributed by atoms with Crippen LogP contribution in [0, 0.1) is 0 Å². The Hall–Kier alpha value is -2.83. The van der Waals surface area contributed by atoms with E-state index in [9.17, 15) is 14.4 Å². The van der Waals surface area contributed by atoms with Crippen LogP contribution in [0.5, 0.6) is 0 Å². The highest BCUT2D eigenvalue weighted by atomic mass is 16.4. The number of nitrogens with zero attached hydrogens (tertiary/aromatic N) is 1. The molecule has 0 aliphatic rings. The van der Waals surface area contributed by atoms with Gasteiger partial charge in [0.1, 0.15) is 11.3 Å². The Balaban J connectivity index is 2.22. The minimum Gasteiger partial charge on any atom is -0.481 e. The van der Waals surface area contributed by atoms with Gasteiger partial charge in [-0.05, 0) is 31.2 Å². The molecular formula is C15H16N2O5. The topological polar surface area (TPSA) is 104 Å². The third-order valence-electron chi connectivity index (χ3n) is 3.19. The molecule has 0 aliphatic heterocycles. The van der Waals surface area contributed by atoms with Crippen LogP contribution in [-0.4, -0.2) is 40.0 Å². The summed E-state index contributed by atoms with van der Waals surface area (Å²) in [5.74, 6) is -0.987. The number of carboxylic acids is 1. The van der Waals surface area contributed by atoms with E-state index in [4.69, 9.17) is 9.52 Å². The molecular weight excluding hydrogens is 288 g/mol.